The van der Waals surface area contributed by atoms with E-state index in [1.807, 2.05) is 13.8 Å². The topological polar surface area (TPSA) is 95.6 Å². The summed E-state index contributed by atoms with van der Waals surface area (Å²) in [6.07, 6.45) is 1.79. The standard InChI is InChI=1S/C26H28BrN3O4S/c1-3-4-16-28-26(32)23-10-5-6-11-24(23)29-25(31)18-30(21-9-7-8-20(27)17-21)35(33,34)22-14-12-19(2)13-15-22/h5-15,17H,3-4,16,18H2,1-2H3,(H,28,32)(H,29,31). The van der Waals surface area contributed by atoms with Crippen LogP contribution in [0.1, 0.15) is 35.7 Å². The van der Waals surface area contributed by atoms with E-state index in [1.165, 1.54) is 12.1 Å². The van der Waals surface area contributed by atoms with Crippen molar-refractivity contribution in [2.45, 2.75) is 31.6 Å². The van der Waals surface area contributed by atoms with Gasteiger partial charge in [0.2, 0.25) is 5.91 Å². The molecule has 0 heterocycles. The monoisotopic (exact) mass is 557 g/mol. The molecule has 0 aromatic heterocycles. The molecule has 0 saturated heterocycles. The van der Waals surface area contributed by atoms with E-state index in [0.717, 1.165) is 22.7 Å². The van der Waals surface area contributed by atoms with Crippen LogP contribution in [0, 0.1) is 6.92 Å². The molecule has 3 rings (SSSR count). The number of nitrogens with zero attached hydrogens (tertiary/aromatic N) is 1. The van der Waals surface area contributed by atoms with Crippen molar-refractivity contribution in [1.82, 2.24) is 5.32 Å². The molecule has 0 unspecified atom stereocenters. The van der Waals surface area contributed by atoms with Crippen molar-refractivity contribution in [3.63, 3.8) is 0 Å². The fraction of sp³-hybridized carbons (Fsp3) is 0.231. The van der Waals surface area contributed by atoms with E-state index in [9.17, 15) is 18.0 Å². The van der Waals surface area contributed by atoms with Gasteiger partial charge < -0.3 is 10.6 Å². The second kappa shape index (κ2) is 12.0. The second-order valence-electron chi connectivity index (χ2n) is 8.01. The smallest absolute Gasteiger partial charge is 0.264 e. The van der Waals surface area contributed by atoms with Crippen LogP contribution in [-0.2, 0) is 14.8 Å². The molecule has 0 radical (unpaired) electrons. The first-order valence-corrected chi connectivity index (χ1v) is 13.5. The van der Waals surface area contributed by atoms with Crippen molar-refractivity contribution in [3.8, 4) is 0 Å². The van der Waals surface area contributed by atoms with Crippen LogP contribution < -0.4 is 14.9 Å². The number of sulfonamides is 1. The first kappa shape index (κ1) is 26.4. The lowest BCUT2D eigenvalue weighted by Gasteiger charge is -2.24. The number of aryl methyl sites for hydroxylation is 1. The molecular weight excluding hydrogens is 530 g/mol. The van der Waals surface area contributed by atoms with Crippen molar-refractivity contribution in [2.24, 2.45) is 0 Å². The predicted octanol–water partition coefficient (Wildman–Crippen LogP) is 5.12. The van der Waals surface area contributed by atoms with Gasteiger partial charge in [-0.3, -0.25) is 13.9 Å². The van der Waals surface area contributed by atoms with Gasteiger partial charge in [0.1, 0.15) is 6.54 Å². The second-order valence-corrected chi connectivity index (χ2v) is 10.8. The summed E-state index contributed by atoms with van der Waals surface area (Å²) in [5.41, 5.74) is 1.88. The molecule has 0 spiro atoms. The van der Waals surface area contributed by atoms with Gasteiger partial charge in [-0.2, -0.15) is 0 Å². The molecule has 3 aromatic carbocycles. The zero-order valence-electron chi connectivity index (χ0n) is 19.6. The summed E-state index contributed by atoms with van der Waals surface area (Å²) in [6, 6.07) is 19.8. The SMILES string of the molecule is CCCCNC(=O)c1ccccc1NC(=O)CN(c1cccc(Br)c1)S(=O)(=O)c1ccc(C)cc1. The molecule has 2 amide bonds. The van der Waals surface area contributed by atoms with Crippen molar-refractivity contribution >= 4 is 49.1 Å². The van der Waals surface area contributed by atoms with Gasteiger partial charge in [-0.05, 0) is 55.8 Å². The number of carbonyl (C=O) groups excluding carboxylic acids is 2. The quantitative estimate of drug-likeness (QED) is 0.338. The van der Waals surface area contributed by atoms with E-state index in [2.05, 4.69) is 26.6 Å². The van der Waals surface area contributed by atoms with Crippen LogP contribution in [0.4, 0.5) is 11.4 Å². The Morgan fingerprint density at radius 3 is 2.37 bits per heavy atom. The largest absolute Gasteiger partial charge is 0.352 e. The van der Waals surface area contributed by atoms with E-state index in [0.29, 0.717) is 28.0 Å². The predicted molar refractivity (Wildman–Crippen MR) is 142 cm³/mol. The fourth-order valence-corrected chi connectivity index (χ4v) is 5.17. The third-order valence-electron chi connectivity index (χ3n) is 5.25. The highest BCUT2D eigenvalue weighted by Gasteiger charge is 2.28. The summed E-state index contributed by atoms with van der Waals surface area (Å²) in [5, 5.41) is 5.55. The van der Waals surface area contributed by atoms with Crippen LogP contribution in [0.3, 0.4) is 0 Å². The van der Waals surface area contributed by atoms with Crippen LogP contribution in [0.25, 0.3) is 0 Å². The Morgan fingerprint density at radius 2 is 1.69 bits per heavy atom. The van der Waals surface area contributed by atoms with Gasteiger partial charge in [-0.15, -0.1) is 0 Å². The molecule has 0 aliphatic carbocycles. The summed E-state index contributed by atoms with van der Waals surface area (Å²) in [4.78, 5) is 25.8. The molecule has 7 nitrogen and oxygen atoms in total. The third kappa shape index (κ3) is 6.93. The maximum atomic E-state index is 13.5. The summed E-state index contributed by atoms with van der Waals surface area (Å²) in [7, 11) is -4.04. The van der Waals surface area contributed by atoms with Gasteiger partial charge >= 0.3 is 0 Å². The molecule has 3 aromatic rings. The van der Waals surface area contributed by atoms with E-state index >= 15 is 0 Å². The summed E-state index contributed by atoms with van der Waals surface area (Å²) >= 11 is 3.37. The van der Waals surface area contributed by atoms with Crippen molar-refractivity contribution in [3.05, 3.63) is 88.4 Å². The summed E-state index contributed by atoms with van der Waals surface area (Å²) in [5.74, 6) is -0.875. The Morgan fingerprint density at radius 1 is 0.971 bits per heavy atom. The van der Waals surface area contributed by atoms with Crippen LogP contribution in [0.15, 0.2) is 82.2 Å². The highest BCUT2D eigenvalue weighted by atomic mass is 79.9. The molecule has 2 N–H and O–H groups in total. The minimum atomic E-state index is -4.04. The molecule has 0 atom stereocenters. The third-order valence-corrected chi connectivity index (χ3v) is 7.54. The van der Waals surface area contributed by atoms with Gasteiger partial charge in [0.15, 0.2) is 0 Å². The zero-order valence-corrected chi connectivity index (χ0v) is 22.0. The highest BCUT2D eigenvalue weighted by molar-refractivity contribution is 9.10. The fourth-order valence-electron chi connectivity index (χ4n) is 3.37. The van der Waals surface area contributed by atoms with E-state index in [1.54, 1.807) is 60.7 Å². The van der Waals surface area contributed by atoms with Crippen molar-refractivity contribution < 1.29 is 18.0 Å². The lowest BCUT2D eigenvalue weighted by molar-refractivity contribution is -0.114. The van der Waals surface area contributed by atoms with E-state index in [-0.39, 0.29) is 10.8 Å². The number of carbonyl (C=O) groups is 2. The molecule has 0 aliphatic rings. The Hall–Kier alpha value is -3.17. The lowest BCUT2D eigenvalue weighted by Crippen LogP contribution is -2.38. The maximum absolute atomic E-state index is 13.5. The number of benzene rings is 3. The van der Waals surface area contributed by atoms with E-state index in [4.69, 9.17) is 0 Å². The van der Waals surface area contributed by atoms with Gasteiger partial charge in [0.05, 0.1) is 21.8 Å². The van der Waals surface area contributed by atoms with Crippen molar-refractivity contribution in [2.75, 3.05) is 22.7 Å². The summed E-state index contributed by atoms with van der Waals surface area (Å²) in [6.45, 7) is 3.95. The Bertz CT molecular complexity index is 1290. The zero-order chi connectivity index (χ0) is 25.4. The molecule has 9 heteroatoms. The normalized spacial score (nSPS) is 11.1. The number of unbranched alkanes of at least 4 members (excludes halogenated alkanes) is 1. The number of anilines is 2. The van der Waals surface area contributed by atoms with Gasteiger partial charge in [0.25, 0.3) is 15.9 Å². The average molecular weight is 558 g/mol. The molecule has 0 fully saturated rings. The molecular formula is C26H28BrN3O4S. The minimum Gasteiger partial charge on any atom is -0.352 e. The van der Waals surface area contributed by atoms with Crippen molar-refractivity contribution in [1.29, 1.82) is 0 Å². The first-order chi connectivity index (χ1) is 16.7. The average Bonchev–Trinajstić information content (AvgIpc) is 2.83. The number of hydrogen-bond donors (Lipinski definition) is 2. The van der Waals surface area contributed by atoms with Crippen LogP contribution in [-0.4, -0.2) is 33.3 Å². The molecule has 35 heavy (non-hydrogen) atoms. The first-order valence-electron chi connectivity index (χ1n) is 11.2. The highest BCUT2D eigenvalue weighted by Crippen LogP contribution is 2.27. The Kier molecular flexibility index (Phi) is 9.06. The van der Waals surface area contributed by atoms with Gasteiger partial charge in [0, 0.05) is 11.0 Å². The molecule has 184 valence electrons. The Balaban J connectivity index is 1.89. The number of halogens is 1. The van der Waals surface area contributed by atoms with Crippen LogP contribution in [0.2, 0.25) is 0 Å². The minimum absolute atomic E-state index is 0.0755. The molecule has 0 aliphatic heterocycles. The Labute approximate surface area is 214 Å². The van der Waals surface area contributed by atoms with Gasteiger partial charge in [-0.25, -0.2) is 8.42 Å². The maximum Gasteiger partial charge on any atom is 0.264 e. The van der Waals surface area contributed by atoms with Crippen LogP contribution in [0.5, 0.6) is 0 Å². The number of nitrogens with one attached hydrogen (secondary N) is 2. The molecule has 0 bridgehead atoms. The molecule has 0 saturated carbocycles. The number of amides is 2. The van der Waals surface area contributed by atoms with Gasteiger partial charge in [-0.1, -0.05) is 65.2 Å². The lowest BCUT2D eigenvalue weighted by atomic mass is 10.1. The number of para-hydroxylation sites is 1. The van der Waals surface area contributed by atoms with E-state index < -0.39 is 22.5 Å². The summed E-state index contributed by atoms with van der Waals surface area (Å²) < 4.78 is 28.8. The number of rotatable bonds is 10. The number of hydrogen-bond acceptors (Lipinski definition) is 4. The van der Waals surface area contributed by atoms with Crippen LogP contribution >= 0.6 is 15.9 Å².